The summed E-state index contributed by atoms with van der Waals surface area (Å²) in [6.45, 7) is 7.13. The molecule has 0 aliphatic rings. The van der Waals surface area contributed by atoms with Crippen LogP contribution in [0.25, 0.3) is 0 Å². The first kappa shape index (κ1) is 17.5. The lowest BCUT2D eigenvalue weighted by Crippen LogP contribution is -2.34. The zero-order chi connectivity index (χ0) is 15.8. The molecule has 4 heteroatoms. The van der Waals surface area contributed by atoms with Gasteiger partial charge in [-0.3, -0.25) is 4.79 Å². The predicted molar refractivity (Wildman–Crippen MR) is 84.9 cm³/mol. The largest absolute Gasteiger partial charge is 0.496 e. The van der Waals surface area contributed by atoms with Crippen molar-refractivity contribution < 1.29 is 14.3 Å². The Hall–Kier alpha value is -1.55. The van der Waals surface area contributed by atoms with Crippen molar-refractivity contribution in [2.24, 2.45) is 0 Å². The second-order valence-electron chi connectivity index (χ2n) is 5.38. The highest BCUT2D eigenvalue weighted by molar-refractivity contribution is 5.70. The Morgan fingerprint density at radius 2 is 1.95 bits per heavy atom. The van der Waals surface area contributed by atoms with Crippen molar-refractivity contribution in [3.8, 4) is 5.75 Å². The van der Waals surface area contributed by atoms with E-state index in [1.807, 2.05) is 6.92 Å². The van der Waals surface area contributed by atoms with Crippen molar-refractivity contribution in [1.82, 2.24) is 5.32 Å². The van der Waals surface area contributed by atoms with E-state index in [0.717, 1.165) is 30.7 Å². The summed E-state index contributed by atoms with van der Waals surface area (Å²) >= 11 is 0. The van der Waals surface area contributed by atoms with Gasteiger partial charge in [0.1, 0.15) is 5.75 Å². The lowest BCUT2D eigenvalue weighted by molar-refractivity contribution is -0.141. The molecule has 0 heterocycles. The number of hydrogen-bond acceptors (Lipinski definition) is 4. The Morgan fingerprint density at radius 3 is 2.52 bits per heavy atom. The van der Waals surface area contributed by atoms with Gasteiger partial charge in [-0.15, -0.1) is 0 Å². The van der Waals surface area contributed by atoms with Gasteiger partial charge in [0.05, 0.1) is 20.6 Å². The van der Waals surface area contributed by atoms with Crippen molar-refractivity contribution >= 4 is 5.97 Å². The average Bonchev–Trinajstić information content (AvgIpc) is 2.47. The highest BCUT2D eigenvalue weighted by atomic mass is 16.5. The molecule has 4 nitrogen and oxygen atoms in total. The first-order chi connectivity index (χ1) is 10.0. The van der Waals surface area contributed by atoms with Gasteiger partial charge in [0, 0.05) is 6.04 Å². The average molecular weight is 293 g/mol. The minimum atomic E-state index is -0.175. The number of carbonyl (C=O) groups excluding carboxylic acids is 1. The van der Waals surface area contributed by atoms with Crippen LogP contribution < -0.4 is 10.1 Å². The van der Waals surface area contributed by atoms with Gasteiger partial charge in [-0.1, -0.05) is 13.0 Å². The SMILES string of the molecule is CCCNC(CC(=O)OC)Cc1cc(C)c(OC)cc1C. The monoisotopic (exact) mass is 293 g/mol. The van der Waals surface area contributed by atoms with Gasteiger partial charge in [-0.2, -0.15) is 0 Å². The molecule has 0 aromatic heterocycles. The summed E-state index contributed by atoms with van der Waals surface area (Å²) in [7, 11) is 3.12. The molecule has 0 saturated carbocycles. The van der Waals surface area contributed by atoms with Crippen LogP contribution in [0.3, 0.4) is 0 Å². The van der Waals surface area contributed by atoms with Crippen LogP contribution in [0.2, 0.25) is 0 Å². The fourth-order valence-corrected chi connectivity index (χ4v) is 2.40. The second-order valence-corrected chi connectivity index (χ2v) is 5.38. The van der Waals surface area contributed by atoms with Crippen molar-refractivity contribution in [3.63, 3.8) is 0 Å². The van der Waals surface area contributed by atoms with Gasteiger partial charge in [0.2, 0.25) is 0 Å². The number of nitrogens with one attached hydrogen (secondary N) is 1. The van der Waals surface area contributed by atoms with E-state index in [-0.39, 0.29) is 12.0 Å². The highest BCUT2D eigenvalue weighted by Crippen LogP contribution is 2.23. The molecule has 1 N–H and O–H groups in total. The summed E-state index contributed by atoms with van der Waals surface area (Å²) in [5, 5.41) is 3.43. The highest BCUT2D eigenvalue weighted by Gasteiger charge is 2.16. The molecule has 0 bridgehead atoms. The van der Waals surface area contributed by atoms with E-state index in [1.165, 1.54) is 18.2 Å². The molecule has 1 rings (SSSR count). The first-order valence-electron chi connectivity index (χ1n) is 7.46. The molecule has 118 valence electrons. The quantitative estimate of drug-likeness (QED) is 0.749. The van der Waals surface area contributed by atoms with E-state index in [0.29, 0.717) is 6.42 Å². The van der Waals surface area contributed by atoms with Crippen LogP contribution in [0, 0.1) is 13.8 Å². The van der Waals surface area contributed by atoms with Gasteiger partial charge >= 0.3 is 5.97 Å². The van der Waals surface area contributed by atoms with Crippen LogP contribution in [0.1, 0.15) is 36.5 Å². The molecular formula is C17H27NO3. The van der Waals surface area contributed by atoms with Crippen LogP contribution in [-0.2, 0) is 16.0 Å². The Morgan fingerprint density at radius 1 is 1.24 bits per heavy atom. The van der Waals surface area contributed by atoms with Crippen LogP contribution in [-0.4, -0.2) is 32.8 Å². The third kappa shape index (κ3) is 5.38. The Kier molecular flexibility index (Phi) is 7.23. The Labute approximate surface area is 127 Å². The number of hydrogen-bond donors (Lipinski definition) is 1. The molecule has 21 heavy (non-hydrogen) atoms. The molecule has 1 aromatic rings. The molecule has 0 amide bonds. The fourth-order valence-electron chi connectivity index (χ4n) is 2.40. The van der Waals surface area contributed by atoms with E-state index >= 15 is 0 Å². The van der Waals surface area contributed by atoms with Crippen molar-refractivity contribution in [2.45, 2.75) is 46.1 Å². The topological polar surface area (TPSA) is 47.6 Å². The van der Waals surface area contributed by atoms with E-state index in [9.17, 15) is 4.79 Å². The standard InChI is InChI=1S/C17H27NO3/c1-6-7-18-15(11-17(19)21-5)10-14-8-13(3)16(20-4)9-12(14)2/h8-9,15,18H,6-7,10-11H2,1-5H3. The molecule has 0 fully saturated rings. The maximum absolute atomic E-state index is 11.5. The summed E-state index contributed by atoms with van der Waals surface area (Å²) < 4.78 is 10.1. The van der Waals surface area contributed by atoms with Gasteiger partial charge in [-0.05, 0) is 56.0 Å². The third-order valence-electron chi connectivity index (χ3n) is 3.64. The molecule has 0 aliphatic carbocycles. The zero-order valence-electron chi connectivity index (χ0n) is 13.8. The van der Waals surface area contributed by atoms with E-state index in [4.69, 9.17) is 9.47 Å². The van der Waals surface area contributed by atoms with Gasteiger partial charge < -0.3 is 14.8 Å². The summed E-state index contributed by atoms with van der Waals surface area (Å²) in [6.07, 6.45) is 2.24. The maximum atomic E-state index is 11.5. The van der Waals surface area contributed by atoms with E-state index < -0.39 is 0 Å². The summed E-state index contributed by atoms with van der Waals surface area (Å²) in [6, 6.07) is 4.30. The summed E-state index contributed by atoms with van der Waals surface area (Å²) in [4.78, 5) is 11.5. The molecule has 0 radical (unpaired) electrons. The smallest absolute Gasteiger partial charge is 0.307 e. The van der Waals surface area contributed by atoms with Crippen molar-refractivity contribution in [1.29, 1.82) is 0 Å². The molecule has 0 spiro atoms. The number of esters is 1. The van der Waals surface area contributed by atoms with Crippen LogP contribution in [0.15, 0.2) is 12.1 Å². The zero-order valence-corrected chi connectivity index (χ0v) is 13.8. The van der Waals surface area contributed by atoms with Crippen LogP contribution in [0.4, 0.5) is 0 Å². The molecule has 1 aromatic carbocycles. The first-order valence-corrected chi connectivity index (χ1v) is 7.46. The predicted octanol–water partition coefficient (Wildman–Crippen LogP) is 2.79. The molecule has 0 aliphatic heterocycles. The summed E-state index contributed by atoms with van der Waals surface area (Å²) in [5.41, 5.74) is 3.54. The lowest BCUT2D eigenvalue weighted by Gasteiger charge is -2.19. The molecule has 1 unspecified atom stereocenters. The van der Waals surface area contributed by atoms with Crippen LogP contribution in [0.5, 0.6) is 5.75 Å². The Balaban J connectivity index is 2.86. The van der Waals surface area contributed by atoms with Gasteiger partial charge in [0.25, 0.3) is 0 Å². The normalized spacial score (nSPS) is 12.0. The number of methoxy groups -OCH3 is 2. The van der Waals surface area contributed by atoms with Gasteiger partial charge in [0.15, 0.2) is 0 Å². The van der Waals surface area contributed by atoms with Crippen LogP contribution >= 0.6 is 0 Å². The van der Waals surface area contributed by atoms with Crippen molar-refractivity contribution in [3.05, 3.63) is 28.8 Å². The minimum absolute atomic E-state index is 0.101. The minimum Gasteiger partial charge on any atom is -0.496 e. The molecule has 0 saturated heterocycles. The number of aryl methyl sites for hydroxylation is 2. The van der Waals surface area contributed by atoms with E-state index in [2.05, 4.69) is 31.3 Å². The van der Waals surface area contributed by atoms with E-state index in [1.54, 1.807) is 7.11 Å². The molecular weight excluding hydrogens is 266 g/mol. The Bertz CT molecular complexity index is 471. The fraction of sp³-hybridized carbons (Fsp3) is 0.588. The van der Waals surface area contributed by atoms with Gasteiger partial charge in [-0.25, -0.2) is 0 Å². The number of rotatable bonds is 8. The van der Waals surface area contributed by atoms with Crippen molar-refractivity contribution in [2.75, 3.05) is 20.8 Å². The lowest BCUT2D eigenvalue weighted by atomic mass is 9.96. The third-order valence-corrected chi connectivity index (χ3v) is 3.64. The molecule has 1 atom stereocenters. The summed E-state index contributed by atoms with van der Waals surface area (Å²) in [5.74, 6) is 0.730. The number of carbonyl (C=O) groups is 1. The number of benzene rings is 1. The number of ether oxygens (including phenoxy) is 2. The second kappa shape index (κ2) is 8.67. The maximum Gasteiger partial charge on any atom is 0.307 e.